The molecule has 0 aliphatic heterocycles. The van der Waals surface area contributed by atoms with Gasteiger partial charge in [0.2, 0.25) is 5.43 Å². The van der Waals surface area contributed by atoms with Gasteiger partial charge in [-0.25, -0.2) is 4.98 Å². The van der Waals surface area contributed by atoms with Crippen molar-refractivity contribution in [2.75, 3.05) is 0 Å². The molecule has 3 aliphatic rings. The van der Waals surface area contributed by atoms with Gasteiger partial charge in [0.1, 0.15) is 11.2 Å². The first kappa shape index (κ1) is 23.8. The van der Waals surface area contributed by atoms with Crippen molar-refractivity contribution in [2.45, 2.75) is 44.1 Å². The van der Waals surface area contributed by atoms with Gasteiger partial charge in [-0.2, -0.15) is 0 Å². The maximum absolute atomic E-state index is 13.4. The van der Waals surface area contributed by atoms with E-state index in [1.54, 1.807) is 24.5 Å². The molecule has 0 saturated heterocycles. The van der Waals surface area contributed by atoms with E-state index < -0.39 is 5.97 Å². The number of fused-ring (bicyclic) bond motifs is 1. The fourth-order valence-corrected chi connectivity index (χ4v) is 5.87. The molecule has 196 valence electrons. The average molecular weight is 520 g/mol. The molecule has 4 aromatic rings. The molecule has 3 saturated carbocycles. The number of amides is 1. The van der Waals surface area contributed by atoms with Crippen molar-refractivity contribution in [3.8, 4) is 16.8 Å². The molecule has 2 atom stereocenters. The molecule has 7 nitrogen and oxygen atoms in total. The first-order valence-corrected chi connectivity index (χ1v) is 13.7. The summed E-state index contributed by atoms with van der Waals surface area (Å²) in [6.07, 6.45) is 8.53. The van der Waals surface area contributed by atoms with E-state index in [-0.39, 0.29) is 34.8 Å². The number of nitrogens with zero attached hydrogens (tertiary/aromatic N) is 2. The van der Waals surface area contributed by atoms with E-state index >= 15 is 0 Å². The van der Waals surface area contributed by atoms with Gasteiger partial charge in [0.25, 0.3) is 5.91 Å². The van der Waals surface area contributed by atoms with Crippen LogP contribution in [0.4, 0.5) is 0 Å². The Hall–Kier alpha value is -4.26. The third-order valence-corrected chi connectivity index (χ3v) is 8.47. The Balaban J connectivity index is 1.24. The third kappa shape index (κ3) is 4.52. The first-order chi connectivity index (χ1) is 19.0. The number of rotatable bonds is 8. The van der Waals surface area contributed by atoms with Gasteiger partial charge in [0.15, 0.2) is 0 Å². The van der Waals surface area contributed by atoms with Crippen LogP contribution in [0.25, 0.3) is 27.8 Å². The second-order valence-electron chi connectivity index (χ2n) is 11.2. The summed E-state index contributed by atoms with van der Waals surface area (Å²) in [4.78, 5) is 42.6. The Kier molecular flexibility index (Phi) is 5.61. The van der Waals surface area contributed by atoms with Crippen molar-refractivity contribution in [3.63, 3.8) is 0 Å². The van der Waals surface area contributed by atoms with Crippen molar-refractivity contribution in [2.24, 2.45) is 17.8 Å². The van der Waals surface area contributed by atoms with Gasteiger partial charge < -0.3 is 15.0 Å². The van der Waals surface area contributed by atoms with Crippen molar-refractivity contribution < 1.29 is 14.7 Å². The summed E-state index contributed by atoms with van der Waals surface area (Å²) in [6.45, 7) is 0. The molecule has 2 aromatic heterocycles. The van der Waals surface area contributed by atoms with Crippen LogP contribution >= 0.6 is 0 Å². The molecule has 3 aliphatic carbocycles. The molecule has 0 radical (unpaired) electrons. The van der Waals surface area contributed by atoms with Crippen LogP contribution in [-0.4, -0.2) is 32.6 Å². The lowest BCUT2D eigenvalue weighted by atomic mass is 10.0. The molecular weight excluding hydrogens is 490 g/mol. The van der Waals surface area contributed by atoms with Crippen molar-refractivity contribution >= 4 is 22.9 Å². The average Bonchev–Trinajstić information content (AvgIpc) is 3.82. The number of carboxylic acids is 1. The van der Waals surface area contributed by atoms with Gasteiger partial charge in [-0.3, -0.25) is 14.4 Å². The third-order valence-electron chi connectivity index (χ3n) is 8.47. The molecule has 0 spiro atoms. The highest BCUT2D eigenvalue weighted by molar-refractivity contribution is 5.97. The second kappa shape index (κ2) is 9.19. The number of hydrogen-bond acceptors (Lipinski definition) is 4. The molecule has 0 bridgehead atoms. The molecule has 7 rings (SSSR count). The summed E-state index contributed by atoms with van der Waals surface area (Å²) < 4.78 is 1.83. The predicted octanol–water partition coefficient (Wildman–Crippen LogP) is 5.16. The molecule has 2 N–H and O–H groups in total. The standard InChI is InChI=1S/C32H29N3O4/c36-29-24-5-2-14-33-30(24)35(17-27(29)31(37)34-28(20-10-11-20)21-12-13-21)23-4-1-3-22(15-23)18-6-8-19(9-7-18)25-16-26(25)32(38)39/h1-9,14-15,17,20-21,25-26,28H,10-13,16H2,(H,34,37)(H,38,39). The topological polar surface area (TPSA) is 101 Å². The van der Waals surface area contributed by atoms with Crippen LogP contribution in [-0.2, 0) is 4.79 Å². The number of benzene rings is 2. The first-order valence-electron chi connectivity index (χ1n) is 13.7. The number of aliphatic carboxylic acids is 1. The van der Waals surface area contributed by atoms with E-state index in [1.807, 2.05) is 53.1 Å². The van der Waals surface area contributed by atoms with Gasteiger partial charge in [0, 0.05) is 24.1 Å². The van der Waals surface area contributed by atoms with Gasteiger partial charge >= 0.3 is 5.97 Å². The minimum absolute atomic E-state index is 0.0884. The van der Waals surface area contributed by atoms with E-state index in [0.29, 0.717) is 29.3 Å². The molecule has 7 heteroatoms. The molecule has 2 heterocycles. The van der Waals surface area contributed by atoms with E-state index in [9.17, 15) is 19.5 Å². The van der Waals surface area contributed by atoms with E-state index in [2.05, 4.69) is 10.3 Å². The predicted molar refractivity (Wildman–Crippen MR) is 148 cm³/mol. The molecule has 3 fully saturated rings. The highest BCUT2D eigenvalue weighted by atomic mass is 16.4. The van der Waals surface area contributed by atoms with Crippen LogP contribution < -0.4 is 10.7 Å². The fourth-order valence-electron chi connectivity index (χ4n) is 5.87. The normalized spacial score (nSPS) is 20.2. The molecule has 2 unspecified atom stereocenters. The number of carboxylic acid groups (broad SMARTS) is 1. The fraction of sp³-hybridized carbons (Fsp3) is 0.312. The van der Waals surface area contributed by atoms with Crippen LogP contribution in [0.1, 0.15) is 53.9 Å². The summed E-state index contributed by atoms with van der Waals surface area (Å²) in [6, 6.07) is 19.6. The van der Waals surface area contributed by atoms with Crippen molar-refractivity contribution in [1.82, 2.24) is 14.9 Å². The highest BCUT2D eigenvalue weighted by Gasteiger charge is 2.44. The van der Waals surface area contributed by atoms with Crippen LogP contribution in [0.5, 0.6) is 0 Å². The Labute approximate surface area is 225 Å². The quantitative estimate of drug-likeness (QED) is 0.335. The largest absolute Gasteiger partial charge is 0.481 e. The lowest BCUT2D eigenvalue weighted by Gasteiger charge is -2.19. The lowest BCUT2D eigenvalue weighted by molar-refractivity contribution is -0.138. The van der Waals surface area contributed by atoms with Crippen molar-refractivity contribution in [1.29, 1.82) is 0 Å². The minimum atomic E-state index is -0.734. The van der Waals surface area contributed by atoms with E-state index in [0.717, 1.165) is 48.1 Å². The summed E-state index contributed by atoms with van der Waals surface area (Å²) >= 11 is 0. The smallest absolute Gasteiger partial charge is 0.307 e. The summed E-state index contributed by atoms with van der Waals surface area (Å²) in [5.74, 6) is -0.175. The van der Waals surface area contributed by atoms with Gasteiger partial charge in [-0.1, -0.05) is 36.4 Å². The molecule has 2 aromatic carbocycles. The number of hydrogen-bond donors (Lipinski definition) is 2. The Morgan fingerprint density at radius 1 is 0.949 bits per heavy atom. The van der Waals surface area contributed by atoms with E-state index in [4.69, 9.17) is 0 Å². The number of carbonyl (C=O) groups excluding carboxylic acids is 1. The highest BCUT2D eigenvalue weighted by Crippen LogP contribution is 2.48. The Morgan fingerprint density at radius 3 is 2.36 bits per heavy atom. The zero-order chi connectivity index (χ0) is 26.7. The van der Waals surface area contributed by atoms with Gasteiger partial charge in [-0.15, -0.1) is 0 Å². The molecule has 39 heavy (non-hydrogen) atoms. The van der Waals surface area contributed by atoms with Crippen LogP contribution in [0.2, 0.25) is 0 Å². The second-order valence-corrected chi connectivity index (χ2v) is 11.2. The number of pyridine rings is 2. The summed E-state index contributed by atoms with van der Waals surface area (Å²) in [5, 5.41) is 12.9. The van der Waals surface area contributed by atoms with Crippen LogP contribution in [0, 0.1) is 17.8 Å². The van der Waals surface area contributed by atoms with Crippen molar-refractivity contribution in [3.05, 3.63) is 94.4 Å². The number of nitrogens with one attached hydrogen (secondary N) is 1. The Morgan fingerprint density at radius 2 is 1.69 bits per heavy atom. The SMILES string of the molecule is O=C(NC(C1CC1)C1CC1)c1cn(-c2cccc(-c3ccc(C4CC4C(=O)O)cc3)c2)c2ncccc2c1=O. The lowest BCUT2D eigenvalue weighted by Crippen LogP contribution is -2.40. The maximum Gasteiger partial charge on any atom is 0.307 e. The van der Waals surface area contributed by atoms with E-state index in [1.165, 1.54) is 0 Å². The minimum Gasteiger partial charge on any atom is -0.481 e. The monoisotopic (exact) mass is 519 g/mol. The number of carbonyl (C=O) groups is 2. The Bertz CT molecular complexity index is 1660. The molecular formula is C32H29N3O4. The zero-order valence-electron chi connectivity index (χ0n) is 21.4. The molecule has 1 amide bonds. The van der Waals surface area contributed by atoms with Crippen LogP contribution in [0.3, 0.4) is 0 Å². The van der Waals surface area contributed by atoms with Gasteiger partial charge in [0.05, 0.1) is 11.3 Å². The zero-order valence-corrected chi connectivity index (χ0v) is 21.4. The van der Waals surface area contributed by atoms with Gasteiger partial charge in [-0.05, 0) is 90.8 Å². The number of aromatic nitrogens is 2. The maximum atomic E-state index is 13.4. The summed E-state index contributed by atoms with van der Waals surface area (Å²) in [5.41, 5.74) is 4.15. The van der Waals surface area contributed by atoms with Crippen LogP contribution in [0.15, 0.2) is 77.9 Å². The summed E-state index contributed by atoms with van der Waals surface area (Å²) in [7, 11) is 0.